The van der Waals surface area contributed by atoms with Gasteiger partial charge in [0.05, 0.1) is 13.7 Å². The normalized spacial score (nSPS) is 11.7. The Morgan fingerprint density at radius 2 is 1.76 bits per heavy atom. The van der Waals surface area contributed by atoms with Crippen LogP contribution in [-0.4, -0.2) is 19.6 Å². The molecule has 0 saturated carbocycles. The average molecular weight is 284 g/mol. The Bertz CT molecular complexity index is 584. The standard InChI is InChI=1S/C17H20N2O2/c1-13(15-10-6-7-11-16(15)21-2)18-12-17(20)19-14-8-4-3-5-9-14/h3-11,13,18H,12H2,1-2H3,(H,19,20)/t13-/m1/s1. The molecule has 21 heavy (non-hydrogen) atoms. The molecular formula is C17H20N2O2. The van der Waals surface area contributed by atoms with Crippen LogP contribution in [0.1, 0.15) is 18.5 Å². The molecule has 0 fully saturated rings. The maximum Gasteiger partial charge on any atom is 0.238 e. The van der Waals surface area contributed by atoms with Gasteiger partial charge in [0.2, 0.25) is 5.91 Å². The van der Waals surface area contributed by atoms with E-state index >= 15 is 0 Å². The summed E-state index contributed by atoms with van der Waals surface area (Å²) in [5.41, 5.74) is 1.83. The highest BCUT2D eigenvalue weighted by molar-refractivity contribution is 5.92. The topological polar surface area (TPSA) is 50.4 Å². The van der Waals surface area contributed by atoms with Crippen LogP contribution in [0.15, 0.2) is 54.6 Å². The van der Waals surface area contributed by atoms with Crippen molar-refractivity contribution in [2.45, 2.75) is 13.0 Å². The van der Waals surface area contributed by atoms with Gasteiger partial charge in [0.15, 0.2) is 0 Å². The first kappa shape index (κ1) is 15.1. The van der Waals surface area contributed by atoms with Gasteiger partial charge in [0.1, 0.15) is 5.75 Å². The van der Waals surface area contributed by atoms with Crippen LogP contribution in [0.3, 0.4) is 0 Å². The smallest absolute Gasteiger partial charge is 0.238 e. The third-order valence-electron chi connectivity index (χ3n) is 3.23. The van der Waals surface area contributed by atoms with Gasteiger partial charge < -0.3 is 15.4 Å². The Kier molecular flexibility index (Phi) is 5.35. The van der Waals surface area contributed by atoms with E-state index in [1.807, 2.05) is 61.5 Å². The summed E-state index contributed by atoms with van der Waals surface area (Å²) in [4.78, 5) is 11.9. The van der Waals surface area contributed by atoms with E-state index in [1.54, 1.807) is 7.11 Å². The lowest BCUT2D eigenvalue weighted by atomic mass is 10.1. The fourth-order valence-corrected chi connectivity index (χ4v) is 2.11. The van der Waals surface area contributed by atoms with Gasteiger partial charge in [0, 0.05) is 17.3 Å². The Morgan fingerprint density at radius 1 is 1.10 bits per heavy atom. The van der Waals surface area contributed by atoms with E-state index in [-0.39, 0.29) is 18.5 Å². The quantitative estimate of drug-likeness (QED) is 0.857. The summed E-state index contributed by atoms with van der Waals surface area (Å²) in [5, 5.41) is 6.05. The van der Waals surface area contributed by atoms with Crippen LogP contribution in [-0.2, 0) is 4.79 Å². The molecule has 0 radical (unpaired) electrons. The first-order chi connectivity index (χ1) is 10.2. The van der Waals surface area contributed by atoms with E-state index in [2.05, 4.69) is 10.6 Å². The minimum atomic E-state index is -0.0667. The second kappa shape index (κ2) is 7.45. The largest absolute Gasteiger partial charge is 0.496 e. The summed E-state index contributed by atoms with van der Waals surface area (Å²) in [6.45, 7) is 2.25. The maximum atomic E-state index is 11.9. The zero-order chi connectivity index (χ0) is 15.1. The predicted octanol–water partition coefficient (Wildman–Crippen LogP) is 2.98. The number of anilines is 1. The maximum absolute atomic E-state index is 11.9. The van der Waals surface area contributed by atoms with Crippen LogP contribution in [0.2, 0.25) is 0 Å². The predicted molar refractivity (Wildman–Crippen MR) is 84.5 cm³/mol. The molecule has 0 aliphatic rings. The van der Waals surface area contributed by atoms with Gasteiger partial charge in [-0.25, -0.2) is 0 Å². The molecule has 110 valence electrons. The van der Waals surface area contributed by atoms with E-state index in [0.717, 1.165) is 17.0 Å². The van der Waals surface area contributed by atoms with Gasteiger partial charge in [-0.05, 0) is 25.1 Å². The Balaban J connectivity index is 1.89. The molecule has 2 rings (SSSR count). The highest BCUT2D eigenvalue weighted by atomic mass is 16.5. The van der Waals surface area contributed by atoms with Crippen LogP contribution >= 0.6 is 0 Å². The second-order valence-corrected chi connectivity index (χ2v) is 4.76. The molecule has 0 saturated heterocycles. The SMILES string of the molecule is COc1ccccc1[C@@H](C)NCC(=O)Nc1ccccc1. The molecule has 1 amide bonds. The molecule has 2 aromatic rings. The van der Waals surface area contributed by atoms with Gasteiger partial charge in [-0.1, -0.05) is 36.4 Å². The van der Waals surface area contributed by atoms with Crippen molar-refractivity contribution in [2.24, 2.45) is 0 Å². The summed E-state index contributed by atoms with van der Waals surface area (Å²) >= 11 is 0. The Morgan fingerprint density at radius 3 is 2.48 bits per heavy atom. The third kappa shape index (κ3) is 4.33. The molecule has 1 atom stereocenters. The van der Waals surface area contributed by atoms with Gasteiger partial charge in [-0.2, -0.15) is 0 Å². The number of rotatable bonds is 6. The van der Waals surface area contributed by atoms with E-state index in [1.165, 1.54) is 0 Å². The molecule has 4 heteroatoms. The zero-order valence-corrected chi connectivity index (χ0v) is 12.3. The van der Waals surface area contributed by atoms with E-state index in [9.17, 15) is 4.79 Å². The number of amides is 1. The average Bonchev–Trinajstić information content (AvgIpc) is 2.53. The summed E-state index contributed by atoms with van der Waals surface area (Å²) in [7, 11) is 1.65. The molecule has 2 N–H and O–H groups in total. The van der Waals surface area contributed by atoms with Crippen LogP contribution < -0.4 is 15.4 Å². The van der Waals surface area contributed by atoms with Gasteiger partial charge in [-0.15, -0.1) is 0 Å². The van der Waals surface area contributed by atoms with Crippen LogP contribution in [0.4, 0.5) is 5.69 Å². The lowest BCUT2D eigenvalue weighted by Crippen LogP contribution is -2.30. The van der Waals surface area contributed by atoms with E-state index in [0.29, 0.717) is 0 Å². The number of para-hydroxylation sites is 2. The van der Waals surface area contributed by atoms with Crippen molar-refractivity contribution in [3.8, 4) is 5.75 Å². The number of ether oxygens (including phenoxy) is 1. The molecule has 0 unspecified atom stereocenters. The summed E-state index contributed by atoms with van der Waals surface area (Å²) in [6, 6.07) is 17.2. The highest BCUT2D eigenvalue weighted by Crippen LogP contribution is 2.23. The minimum absolute atomic E-state index is 0.0303. The number of hydrogen-bond acceptors (Lipinski definition) is 3. The number of methoxy groups -OCH3 is 1. The number of carbonyl (C=O) groups excluding carboxylic acids is 1. The Labute approximate surface area is 125 Å². The summed E-state index contributed by atoms with van der Waals surface area (Å²) < 4.78 is 5.33. The molecule has 0 aliphatic heterocycles. The first-order valence-electron chi connectivity index (χ1n) is 6.92. The van der Waals surface area contributed by atoms with E-state index in [4.69, 9.17) is 4.74 Å². The van der Waals surface area contributed by atoms with Crippen molar-refractivity contribution in [2.75, 3.05) is 19.0 Å². The second-order valence-electron chi connectivity index (χ2n) is 4.76. The molecule has 0 heterocycles. The van der Waals surface area contributed by atoms with Crippen molar-refractivity contribution in [1.82, 2.24) is 5.32 Å². The van der Waals surface area contributed by atoms with Crippen molar-refractivity contribution in [1.29, 1.82) is 0 Å². The van der Waals surface area contributed by atoms with Crippen LogP contribution in [0, 0.1) is 0 Å². The molecule has 0 aromatic heterocycles. The third-order valence-corrected chi connectivity index (χ3v) is 3.23. The van der Waals surface area contributed by atoms with Gasteiger partial charge >= 0.3 is 0 Å². The van der Waals surface area contributed by atoms with Crippen molar-refractivity contribution >= 4 is 11.6 Å². The Hall–Kier alpha value is -2.33. The van der Waals surface area contributed by atoms with E-state index < -0.39 is 0 Å². The monoisotopic (exact) mass is 284 g/mol. The number of benzene rings is 2. The molecule has 0 aliphatic carbocycles. The lowest BCUT2D eigenvalue weighted by Gasteiger charge is -2.17. The molecular weight excluding hydrogens is 264 g/mol. The van der Waals surface area contributed by atoms with Crippen molar-refractivity contribution < 1.29 is 9.53 Å². The fraction of sp³-hybridized carbons (Fsp3) is 0.235. The van der Waals surface area contributed by atoms with Crippen molar-refractivity contribution in [3.05, 3.63) is 60.2 Å². The first-order valence-corrected chi connectivity index (χ1v) is 6.92. The zero-order valence-electron chi connectivity index (χ0n) is 12.3. The molecule has 4 nitrogen and oxygen atoms in total. The summed E-state index contributed by atoms with van der Waals surface area (Å²) in [6.07, 6.45) is 0. The van der Waals surface area contributed by atoms with Crippen LogP contribution in [0.5, 0.6) is 5.75 Å². The van der Waals surface area contributed by atoms with Crippen molar-refractivity contribution in [3.63, 3.8) is 0 Å². The highest BCUT2D eigenvalue weighted by Gasteiger charge is 2.11. The van der Waals surface area contributed by atoms with Crippen LogP contribution in [0.25, 0.3) is 0 Å². The van der Waals surface area contributed by atoms with Gasteiger partial charge in [-0.3, -0.25) is 4.79 Å². The number of nitrogens with one attached hydrogen (secondary N) is 2. The lowest BCUT2D eigenvalue weighted by molar-refractivity contribution is -0.115. The molecule has 0 spiro atoms. The fourth-order valence-electron chi connectivity index (χ4n) is 2.11. The molecule has 0 bridgehead atoms. The number of carbonyl (C=O) groups is 1. The minimum Gasteiger partial charge on any atom is -0.496 e. The number of hydrogen-bond donors (Lipinski definition) is 2. The summed E-state index contributed by atoms with van der Waals surface area (Å²) in [5.74, 6) is 0.754. The van der Waals surface area contributed by atoms with Gasteiger partial charge in [0.25, 0.3) is 0 Å². The molecule has 2 aromatic carbocycles.